The zero-order chi connectivity index (χ0) is 13.5. The van der Waals surface area contributed by atoms with Gasteiger partial charge in [-0.1, -0.05) is 29.8 Å². The van der Waals surface area contributed by atoms with Gasteiger partial charge in [0.15, 0.2) is 0 Å². The second kappa shape index (κ2) is 7.92. The minimum absolute atomic E-state index is 0.0938. The number of halogens is 1. The SMILES string of the molecule is CCC(NCCS(=O)CC)c1cc(Br)ccc1O. The summed E-state index contributed by atoms with van der Waals surface area (Å²) in [7, 11) is -0.746. The van der Waals surface area contributed by atoms with Crippen molar-refractivity contribution in [3.05, 3.63) is 28.2 Å². The Balaban J connectivity index is 2.65. The maximum absolute atomic E-state index is 11.4. The molecule has 0 aliphatic carbocycles. The third kappa shape index (κ3) is 4.71. The smallest absolute Gasteiger partial charge is 0.120 e. The van der Waals surface area contributed by atoms with Gasteiger partial charge in [0.05, 0.1) is 0 Å². The van der Waals surface area contributed by atoms with Gasteiger partial charge in [-0.25, -0.2) is 0 Å². The molecule has 1 aromatic carbocycles. The van der Waals surface area contributed by atoms with Crippen LogP contribution in [-0.4, -0.2) is 27.4 Å². The fourth-order valence-corrected chi connectivity index (χ4v) is 2.78. The predicted octanol–water partition coefficient (Wildman–Crippen LogP) is 2.96. The van der Waals surface area contributed by atoms with E-state index in [1.165, 1.54) is 0 Å². The number of hydrogen-bond donors (Lipinski definition) is 2. The van der Waals surface area contributed by atoms with Gasteiger partial charge in [-0.05, 0) is 24.6 Å². The average molecular weight is 334 g/mol. The number of benzene rings is 1. The maximum Gasteiger partial charge on any atom is 0.120 e. The largest absolute Gasteiger partial charge is 0.508 e. The molecular weight excluding hydrogens is 314 g/mol. The number of phenolic OH excluding ortho intramolecular Hbond substituents is 1. The molecule has 0 aliphatic heterocycles. The maximum atomic E-state index is 11.4. The van der Waals surface area contributed by atoms with Crippen LogP contribution in [-0.2, 0) is 10.8 Å². The van der Waals surface area contributed by atoms with E-state index < -0.39 is 10.8 Å². The van der Waals surface area contributed by atoms with E-state index in [2.05, 4.69) is 28.2 Å². The van der Waals surface area contributed by atoms with Gasteiger partial charge in [0.1, 0.15) is 5.75 Å². The standard InChI is InChI=1S/C13H20BrNO2S/c1-3-12(15-7-8-18(17)4-2)11-9-10(14)5-6-13(11)16/h5-6,9,12,15-16H,3-4,7-8H2,1-2H3. The Morgan fingerprint density at radius 1 is 1.44 bits per heavy atom. The second-order valence-corrected chi connectivity index (χ2v) is 6.83. The van der Waals surface area contributed by atoms with E-state index in [0.29, 0.717) is 23.8 Å². The molecule has 0 radical (unpaired) electrons. The van der Waals surface area contributed by atoms with Crippen LogP contribution in [0.1, 0.15) is 31.9 Å². The van der Waals surface area contributed by atoms with Gasteiger partial charge >= 0.3 is 0 Å². The summed E-state index contributed by atoms with van der Waals surface area (Å²) in [6.07, 6.45) is 0.878. The molecule has 0 saturated heterocycles. The molecule has 0 heterocycles. The Morgan fingerprint density at radius 2 is 2.17 bits per heavy atom. The van der Waals surface area contributed by atoms with Crippen LogP contribution < -0.4 is 5.32 Å². The van der Waals surface area contributed by atoms with Gasteiger partial charge in [0, 0.05) is 44.9 Å². The lowest BCUT2D eigenvalue weighted by Crippen LogP contribution is -2.25. The summed E-state index contributed by atoms with van der Waals surface area (Å²) in [5, 5.41) is 13.2. The fourth-order valence-electron chi connectivity index (χ4n) is 1.77. The van der Waals surface area contributed by atoms with Gasteiger partial charge in [-0.3, -0.25) is 4.21 Å². The van der Waals surface area contributed by atoms with Crippen molar-refractivity contribution in [1.82, 2.24) is 5.32 Å². The number of nitrogens with one attached hydrogen (secondary N) is 1. The number of hydrogen-bond acceptors (Lipinski definition) is 3. The van der Waals surface area contributed by atoms with E-state index in [1.54, 1.807) is 6.07 Å². The van der Waals surface area contributed by atoms with Crippen LogP contribution in [0.3, 0.4) is 0 Å². The molecule has 0 fully saturated rings. The highest BCUT2D eigenvalue weighted by atomic mass is 79.9. The molecule has 2 N–H and O–H groups in total. The summed E-state index contributed by atoms with van der Waals surface area (Å²) in [4.78, 5) is 0. The summed E-state index contributed by atoms with van der Waals surface area (Å²) in [6, 6.07) is 5.52. The summed E-state index contributed by atoms with van der Waals surface area (Å²) in [5.74, 6) is 1.65. The van der Waals surface area contributed by atoms with Crippen LogP contribution in [0.4, 0.5) is 0 Å². The molecule has 0 amide bonds. The van der Waals surface area contributed by atoms with E-state index in [9.17, 15) is 9.32 Å². The number of aromatic hydroxyl groups is 1. The molecule has 0 aliphatic rings. The Labute approximate surface area is 120 Å². The van der Waals surface area contributed by atoms with Crippen LogP contribution in [0, 0.1) is 0 Å². The van der Waals surface area contributed by atoms with Crippen molar-refractivity contribution in [3.63, 3.8) is 0 Å². The van der Waals surface area contributed by atoms with Crippen LogP contribution in [0.15, 0.2) is 22.7 Å². The lowest BCUT2D eigenvalue weighted by molar-refractivity contribution is 0.445. The highest BCUT2D eigenvalue weighted by molar-refractivity contribution is 9.10. The van der Waals surface area contributed by atoms with Crippen LogP contribution in [0.5, 0.6) is 5.75 Å². The second-order valence-electron chi connectivity index (χ2n) is 4.05. The summed E-state index contributed by atoms with van der Waals surface area (Å²) in [6.45, 7) is 4.69. The van der Waals surface area contributed by atoms with Crippen molar-refractivity contribution in [3.8, 4) is 5.75 Å². The van der Waals surface area contributed by atoms with Crippen LogP contribution in [0.25, 0.3) is 0 Å². The van der Waals surface area contributed by atoms with Crippen molar-refractivity contribution < 1.29 is 9.32 Å². The Morgan fingerprint density at radius 3 is 2.78 bits per heavy atom. The molecule has 2 unspecified atom stereocenters. The molecule has 0 spiro atoms. The van der Waals surface area contributed by atoms with Crippen molar-refractivity contribution in [2.45, 2.75) is 26.3 Å². The third-order valence-corrected chi connectivity index (χ3v) is 4.61. The first-order valence-corrected chi connectivity index (χ1v) is 8.43. The minimum atomic E-state index is -0.746. The molecule has 18 heavy (non-hydrogen) atoms. The van der Waals surface area contributed by atoms with E-state index >= 15 is 0 Å². The Hall–Kier alpha value is -0.390. The van der Waals surface area contributed by atoms with Crippen LogP contribution in [0.2, 0.25) is 0 Å². The summed E-state index contributed by atoms with van der Waals surface area (Å²) in [5.41, 5.74) is 0.883. The monoisotopic (exact) mass is 333 g/mol. The van der Waals surface area contributed by atoms with Crippen LogP contribution >= 0.6 is 15.9 Å². The Bertz CT molecular complexity index is 412. The topological polar surface area (TPSA) is 49.3 Å². The lowest BCUT2D eigenvalue weighted by atomic mass is 10.0. The van der Waals surface area contributed by atoms with E-state index in [-0.39, 0.29) is 6.04 Å². The van der Waals surface area contributed by atoms with Gasteiger partial charge in [0.2, 0.25) is 0 Å². The van der Waals surface area contributed by atoms with Crippen molar-refractivity contribution in [1.29, 1.82) is 0 Å². The molecule has 1 aromatic rings. The third-order valence-electron chi connectivity index (χ3n) is 2.82. The molecule has 1 rings (SSSR count). The quantitative estimate of drug-likeness (QED) is 0.806. The molecule has 5 heteroatoms. The molecule has 3 nitrogen and oxygen atoms in total. The van der Waals surface area contributed by atoms with Crippen molar-refractivity contribution >= 4 is 26.7 Å². The van der Waals surface area contributed by atoms with Gasteiger partial charge < -0.3 is 10.4 Å². The van der Waals surface area contributed by atoms with E-state index in [0.717, 1.165) is 16.5 Å². The van der Waals surface area contributed by atoms with Crippen molar-refractivity contribution in [2.24, 2.45) is 0 Å². The normalized spacial score (nSPS) is 14.4. The first kappa shape index (κ1) is 15.7. The average Bonchev–Trinajstić information content (AvgIpc) is 2.37. The first-order valence-electron chi connectivity index (χ1n) is 6.15. The lowest BCUT2D eigenvalue weighted by Gasteiger charge is -2.18. The summed E-state index contributed by atoms with van der Waals surface area (Å²) < 4.78 is 12.3. The van der Waals surface area contributed by atoms with E-state index in [4.69, 9.17) is 0 Å². The number of rotatable bonds is 7. The van der Waals surface area contributed by atoms with Gasteiger partial charge in [-0.15, -0.1) is 0 Å². The molecule has 0 bridgehead atoms. The molecule has 0 aromatic heterocycles. The molecule has 2 atom stereocenters. The molecular formula is C13H20BrNO2S. The van der Waals surface area contributed by atoms with Gasteiger partial charge in [0.25, 0.3) is 0 Å². The zero-order valence-corrected chi connectivity index (χ0v) is 13.2. The minimum Gasteiger partial charge on any atom is -0.508 e. The zero-order valence-electron chi connectivity index (χ0n) is 10.8. The predicted molar refractivity (Wildman–Crippen MR) is 80.4 cm³/mol. The highest BCUT2D eigenvalue weighted by Gasteiger charge is 2.13. The number of phenols is 1. The van der Waals surface area contributed by atoms with Gasteiger partial charge in [-0.2, -0.15) is 0 Å². The highest BCUT2D eigenvalue weighted by Crippen LogP contribution is 2.29. The fraction of sp³-hybridized carbons (Fsp3) is 0.538. The molecule has 0 saturated carbocycles. The van der Waals surface area contributed by atoms with E-state index in [1.807, 2.05) is 19.1 Å². The van der Waals surface area contributed by atoms with Crippen molar-refractivity contribution in [2.75, 3.05) is 18.1 Å². The summed E-state index contributed by atoms with van der Waals surface area (Å²) >= 11 is 3.41. The Kier molecular flexibility index (Phi) is 6.89. The molecule has 102 valence electrons. The first-order chi connectivity index (χ1) is 8.58.